The Morgan fingerprint density at radius 3 is 2.37 bits per heavy atom. The molecule has 2 N–H and O–H groups in total. The number of nitrogens with zero attached hydrogens (tertiary/aromatic N) is 2. The average Bonchev–Trinajstić information content (AvgIpc) is 2.75. The Hall–Kier alpha value is -4.40. The van der Waals surface area contributed by atoms with Crippen LogP contribution in [-0.2, 0) is 0 Å². The summed E-state index contributed by atoms with van der Waals surface area (Å²) in [5.41, 5.74) is 2.92. The van der Waals surface area contributed by atoms with Crippen LogP contribution in [0.2, 0.25) is 0 Å². The molecule has 0 aliphatic carbocycles. The van der Waals surface area contributed by atoms with E-state index in [2.05, 4.69) is 15.8 Å². The van der Waals surface area contributed by atoms with Crippen molar-refractivity contribution < 1.29 is 18.9 Å². The summed E-state index contributed by atoms with van der Waals surface area (Å²) >= 11 is 0. The number of non-ortho nitro benzene ring substituents is 1. The molecule has 0 fully saturated rings. The third kappa shape index (κ3) is 5.10. The molecule has 0 aliphatic heterocycles. The van der Waals surface area contributed by atoms with Gasteiger partial charge >= 0.3 is 0 Å². The molecule has 30 heavy (non-hydrogen) atoms. The highest BCUT2D eigenvalue weighted by Crippen LogP contribution is 2.16. The van der Waals surface area contributed by atoms with Crippen molar-refractivity contribution in [3.05, 3.63) is 105 Å². The summed E-state index contributed by atoms with van der Waals surface area (Å²) < 4.78 is 13.5. The Morgan fingerprint density at radius 1 is 0.933 bits per heavy atom. The van der Waals surface area contributed by atoms with E-state index in [1.165, 1.54) is 48.7 Å². The van der Waals surface area contributed by atoms with Gasteiger partial charge in [-0.1, -0.05) is 30.3 Å². The fourth-order valence-corrected chi connectivity index (χ4v) is 2.51. The van der Waals surface area contributed by atoms with Gasteiger partial charge < -0.3 is 5.32 Å². The van der Waals surface area contributed by atoms with E-state index in [9.17, 15) is 24.1 Å². The normalized spacial score (nSPS) is 10.6. The molecule has 150 valence electrons. The lowest BCUT2D eigenvalue weighted by atomic mass is 10.1. The number of hydrazone groups is 1. The van der Waals surface area contributed by atoms with E-state index in [1.807, 2.05) is 0 Å². The number of hydrogen-bond donors (Lipinski definition) is 2. The lowest BCUT2D eigenvalue weighted by Gasteiger charge is -2.07. The molecule has 0 unspecified atom stereocenters. The second-order valence-corrected chi connectivity index (χ2v) is 6.06. The molecule has 8 nitrogen and oxygen atoms in total. The van der Waals surface area contributed by atoms with Crippen LogP contribution in [0.15, 0.2) is 77.9 Å². The number of hydrogen-bond acceptors (Lipinski definition) is 5. The maximum atomic E-state index is 13.5. The number of rotatable bonds is 6. The molecule has 0 saturated carbocycles. The topological polar surface area (TPSA) is 114 Å². The molecule has 9 heteroatoms. The maximum Gasteiger partial charge on any atom is 0.271 e. The summed E-state index contributed by atoms with van der Waals surface area (Å²) in [4.78, 5) is 34.8. The highest BCUT2D eigenvalue weighted by molar-refractivity contribution is 6.05. The first kappa shape index (κ1) is 20.3. The monoisotopic (exact) mass is 406 g/mol. The third-order valence-electron chi connectivity index (χ3n) is 3.98. The largest absolute Gasteiger partial charge is 0.322 e. The average molecular weight is 406 g/mol. The summed E-state index contributed by atoms with van der Waals surface area (Å²) in [6.45, 7) is 0. The maximum absolute atomic E-state index is 13.5. The van der Waals surface area contributed by atoms with Gasteiger partial charge in [-0.3, -0.25) is 19.7 Å². The molecule has 0 aliphatic rings. The smallest absolute Gasteiger partial charge is 0.271 e. The number of nitro benzene ring substituents is 1. The van der Waals surface area contributed by atoms with E-state index >= 15 is 0 Å². The molecule has 0 aromatic heterocycles. The summed E-state index contributed by atoms with van der Waals surface area (Å²) in [5, 5.41) is 17.2. The summed E-state index contributed by atoms with van der Waals surface area (Å²) in [6, 6.07) is 17.3. The predicted octanol–water partition coefficient (Wildman–Crippen LogP) is 3.75. The van der Waals surface area contributed by atoms with Gasteiger partial charge in [0, 0.05) is 34.5 Å². The number of halogens is 1. The van der Waals surface area contributed by atoms with Crippen LogP contribution in [0, 0.1) is 15.9 Å². The van der Waals surface area contributed by atoms with Crippen LogP contribution >= 0.6 is 0 Å². The van der Waals surface area contributed by atoms with Crippen LogP contribution in [0.3, 0.4) is 0 Å². The number of carbonyl (C=O) groups is 2. The van der Waals surface area contributed by atoms with E-state index < -0.39 is 22.6 Å². The van der Waals surface area contributed by atoms with Crippen LogP contribution < -0.4 is 10.7 Å². The predicted molar refractivity (Wildman–Crippen MR) is 109 cm³/mol. The van der Waals surface area contributed by atoms with Gasteiger partial charge in [-0.25, -0.2) is 9.82 Å². The van der Waals surface area contributed by atoms with Crippen molar-refractivity contribution in [2.24, 2.45) is 5.10 Å². The Morgan fingerprint density at radius 2 is 1.63 bits per heavy atom. The van der Waals surface area contributed by atoms with Crippen molar-refractivity contribution in [3.8, 4) is 0 Å². The first-order valence-electron chi connectivity index (χ1n) is 8.68. The Kier molecular flexibility index (Phi) is 6.23. The van der Waals surface area contributed by atoms with Crippen LogP contribution in [0.5, 0.6) is 0 Å². The fraction of sp³-hybridized carbons (Fsp3) is 0. The minimum Gasteiger partial charge on any atom is -0.322 e. The molecule has 0 radical (unpaired) electrons. The Balaban J connectivity index is 1.67. The molecule has 0 bridgehead atoms. The highest BCUT2D eigenvalue weighted by Gasteiger charge is 2.12. The minimum absolute atomic E-state index is 0.105. The van der Waals surface area contributed by atoms with E-state index in [0.29, 0.717) is 5.69 Å². The van der Waals surface area contributed by atoms with E-state index in [0.717, 1.165) is 6.07 Å². The van der Waals surface area contributed by atoms with Crippen molar-refractivity contribution in [2.75, 3.05) is 5.32 Å². The van der Waals surface area contributed by atoms with Gasteiger partial charge in [0.05, 0.1) is 11.1 Å². The summed E-state index contributed by atoms with van der Waals surface area (Å²) in [7, 11) is 0. The molecular formula is C21H15FN4O4. The number of benzene rings is 3. The number of nitrogens with one attached hydrogen (secondary N) is 2. The minimum atomic E-state index is -0.594. The lowest BCUT2D eigenvalue weighted by Crippen LogP contribution is -2.18. The standard InChI is InChI=1S/C21H15FN4O4/c22-19-10-2-1-5-16(19)13-23-25-21(28)14-6-3-8-17(11-14)24-20(27)15-7-4-9-18(12-15)26(29)30/h1-13H,(H,24,27)(H,25,28). The van der Waals surface area contributed by atoms with Crippen molar-refractivity contribution >= 4 is 29.4 Å². The molecule has 3 rings (SSSR count). The zero-order valence-corrected chi connectivity index (χ0v) is 15.4. The number of amides is 2. The summed E-state index contributed by atoms with van der Waals surface area (Å²) in [5.74, 6) is -1.59. The second kappa shape index (κ2) is 9.20. The lowest BCUT2D eigenvalue weighted by molar-refractivity contribution is -0.384. The van der Waals surface area contributed by atoms with E-state index in [4.69, 9.17) is 0 Å². The van der Waals surface area contributed by atoms with Gasteiger partial charge in [-0.15, -0.1) is 0 Å². The highest BCUT2D eigenvalue weighted by atomic mass is 19.1. The van der Waals surface area contributed by atoms with Crippen molar-refractivity contribution in [1.82, 2.24) is 5.43 Å². The fourth-order valence-electron chi connectivity index (χ4n) is 2.51. The number of anilines is 1. The van der Waals surface area contributed by atoms with Crippen LogP contribution in [0.25, 0.3) is 0 Å². The second-order valence-electron chi connectivity index (χ2n) is 6.06. The van der Waals surface area contributed by atoms with Gasteiger partial charge in [-0.05, 0) is 30.3 Å². The van der Waals surface area contributed by atoms with Gasteiger partial charge in [0.15, 0.2) is 0 Å². The Bertz CT molecular complexity index is 1150. The number of carbonyl (C=O) groups excluding carboxylic acids is 2. The quantitative estimate of drug-likeness (QED) is 0.369. The van der Waals surface area contributed by atoms with E-state index in [1.54, 1.807) is 24.3 Å². The zero-order valence-electron chi connectivity index (χ0n) is 15.4. The molecular weight excluding hydrogens is 391 g/mol. The third-order valence-corrected chi connectivity index (χ3v) is 3.98. The van der Waals surface area contributed by atoms with Gasteiger partial charge in [0.2, 0.25) is 0 Å². The molecule has 0 heterocycles. The van der Waals surface area contributed by atoms with Crippen LogP contribution in [-0.4, -0.2) is 23.0 Å². The molecule has 2 amide bonds. The Labute approximate surface area is 170 Å². The molecule has 0 spiro atoms. The molecule has 3 aromatic rings. The zero-order chi connectivity index (χ0) is 21.5. The van der Waals surface area contributed by atoms with Crippen molar-refractivity contribution in [1.29, 1.82) is 0 Å². The molecule has 0 saturated heterocycles. The van der Waals surface area contributed by atoms with E-state index in [-0.39, 0.29) is 22.4 Å². The molecule has 0 atom stereocenters. The number of nitro groups is 1. The summed E-state index contributed by atoms with van der Waals surface area (Å²) in [6.07, 6.45) is 1.18. The van der Waals surface area contributed by atoms with Crippen molar-refractivity contribution in [3.63, 3.8) is 0 Å². The van der Waals surface area contributed by atoms with Gasteiger partial charge in [-0.2, -0.15) is 5.10 Å². The first-order valence-corrected chi connectivity index (χ1v) is 8.68. The SMILES string of the molecule is O=C(NN=Cc1ccccc1F)c1cccc(NC(=O)c2cccc([N+](=O)[O-])c2)c1. The molecule has 3 aromatic carbocycles. The van der Waals surface area contributed by atoms with Crippen molar-refractivity contribution in [2.45, 2.75) is 0 Å². The van der Waals surface area contributed by atoms with Gasteiger partial charge in [0.1, 0.15) is 5.82 Å². The van der Waals surface area contributed by atoms with Crippen LogP contribution in [0.1, 0.15) is 26.3 Å². The first-order chi connectivity index (χ1) is 14.4. The van der Waals surface area contributed by atoms with Gasteiger partial charge in [0.25, 0.3) is 17.5 Å². The van der Waals surface area contributed by atoms with Crippen LogP contribution in [0.4, 0.5) is 15.8 Å².